The third kappa shape index (κ3) is 7.03. The zero-order valence-electron chi connectivity index (χ0n) is 21.8. The van der Waals surface area contributed by atoms with Gasteiger partial charge in [0.05, 0.1) is 19.6 Å². The summed E-state index contributed by atoms with van der Waals surface area (Å²) < 4.78 is 20.3. The van der Waals surface area contributed by atoms with Crippen LogP contribution in [-0.2, 0) is 30.3 Å². The number of hydroxylamine groups is 2. The highest BCUT2D eigenvalue weighted by Crippen LogP contribution is 2.50. The van der Waals surface area contributed by atoms with Crippen LogP contribution in [0.5, 0.6) is 11.5 Å². The zero-order valence-corrected chi connectivity index (χ0v) is 21.8. The first-order chi connectivity index (χ1) is 18.3. The Kier molecular flexibility index (Phi) is 10.1. The number of ether oxygens (including phenoxy) is 4. The molecule has 206 valence electrons. The maximum absolute atomic E-state index is 12.9. The number of likely N-dealkylation sites (tertiary alicyclic amines) is 1. The lowest BCUT2D eigenvalue weighted by Gasteiger charge is -2.22. The Hall–Kier alpha value is -4.06. The number of nitrogens with two attached hydrogens (primary N) is 1. The van der Waals surface area contributed by atoms with Gasteiger partial charge in [0.25, 0.3) is 11.8 Å². The van der Waals surface area contributed by atoms with E-state index in [1.165, 1.54) is 0 Å². The molecule has 12 heteroatoms. The van der Waals surface area contributed by atoms with E-state index >= 15 is 0 Å². The monoisotopic (exact) mass is 531 g/mol. The highest BCUT2D eigenvalue weighted by atomic mass is 16.7. The molecule has 1 heterocycles. The summed E-state index contributed by atoms with van der Waals surface area (Å²) in [5, 5.41) is 1.16. The number of carbonyl (C=O) groups excluding carboxylic acids is 4. The van der Waals surface area contributed by atoms with Crippen molar-refractivity contribution in [2.45, 2.75) is 40.0 Å². The zero-order chi connectivity index (χ0) is 27.7. The lowest BCUT2D eigenvalue weighted by molar-refractivity contribution is -0.188. The lowest BCUT2D eigenvalue weighted by Crippen LogP contribution is -2.38. The summed E-state index contributed by atoms with van der Waals surface area (Å²) in [7, 11) is 0. The van der Waals surface area contributed by atoms with E-state index in [0.29, 0.717) is 29.8 Å². The van der Waals surface area contributed by atoms with Gasteiger partial charge in [-0.15, -0.1) is 0 Å². The molecule has 0 bridgehead atoms. The first-order valence-electron chi connectivity index (χ1n) is 12.5. The number of anilines is 1. The minimum Gasteiger partial charge on any atom is -0.434 e. The molecule has 3 aliphatic rings. The average Bonchev–Trinajstić information content (AvgIpc) is 3.44. The Bertz CT molecular complexity index is 1070. The molecule has 0 atom stereocenters. The van der Waals surface area contributed by atoms with Gasteiger partial charge in [-0.1, -0.05) is 24.3 Å². The molecule has 0 aromatic carbocycles. The van der Waals surface area contributed by atoms with E-state index in [2.05, 4.69) is 0 Å². The number of hydrogen-bond donors (Lipinski definition) is 1. The van der Waals surface area contributed by atoms with E-state index in [1.54, 1.807) is 49.9 Å². The summed E-state index contributed by atoms with van der Waals surface area (Å²) in [5.41, 5.74) is 7.36. The average molecular weight is 532 g/mol. The van der Waals surface area contributed by atoms with Gasteiger partial charge in [0.1, 0.15) is 5.69 Å². The van der Waals surface area contributed by atoms with E-state index in [4.69, 9.17) is 29.5 Å². The fourth-order valence-electron chi connectivity index (χ4n) is 4.00. The van der Waals surface area contributed by atoms with Crippen LogP contribution in [0.2, 0.25) is 0 Å². The van der Waals surface area contributed by atoms with Gasteiger partial charge in [-0.3, -0.25) is 14.4 Å². The second-order valence-electron chi connectivity index (χ2n) is 8.34. The minimum absolute atomic E-state index is 0.0410. The van der Waals surface area contributed by atoms with Crippen LogP contribution < -0.4 is 15.2 Å². The summed E-state index contributed by atoms with van der Waals surface area (Å²) in [6, 6.07) is 6.48. The van der Waals surface area contributed by atoms with E-state index in [0.717, 1.165) is 17.9 Å². The number of fused-ring (bicyclic) bond motifs is 1. The first-order valence-corrected chi connectivity index (χ1v) is 12.5. The largest absolute Gasteiger partial charge is 0.513 e. The normalized spacial score (nSPS) is 12.8. The van der Waals surface area contributed by atoms with E-state index in [-0.39, 0.29) is 61.8 Å². The molecule has 38 heavy (non-hydrogen) atoms. The van der Waals surface area contributed by atoms with Crippen LogP contribution in [0.4, 0.5) is 15.3 Å². The smallest absolute Gasteiger partial charge is 0.434 e. The second-order valence-corrected chi connectivity index (χ2v) is 8.34. The Labute approximate surface area is 220 Å². The predicted octanol–water partition coefficient (Wildman–Crippen LogP) is 3.39. The van der Waals surface area contributed by atoms with Gasteiger partial charge in [-0.05, 0) is 39.2 Å². The van der Waals surface area contributed by atoms with Gasteiger partial charge in [0.15, 0.2) is 18.1 Å². The van der Waals surface area contributed by atoms with Crippen molar-refractivity contribution < 1.29 is 43.0 Å². The molecular formula is C26H33N3O9. The number of nitrogen functional groups attached to an aromatic ring is 1. The van der Waals surface area contributed by atoms with Crippen molar-refractivity contribution >= 4 is 29.8 Å². The molecule has 1 fully saturated rings. The van der Waals surface area contributed by atoms with Crippen molar-refractivity contribution in [1.29, 1.82) is 0 Å². The van der Waals surface area contributed by atoms with E-state index < -0.39 is 12.3 Å². The molecule has 0 unspecified atom stereocenters. The van der Waals surface area contributed by atoms with Crippen LogP contribution >= 0.6 is 0 Å². The van der Waals surface area contributed by atoms with E-state index in [9.17, 15) is 19.2 Å². The molecule has 12 nitrogen and oxygen atoms in total. The number of hydrogen-bond acceptors (Lipinski definition) is 10. The quantitative estimate of drug-likeness (QED) is 0.357. The molecule has 2 amide bonds. The molecule has 2 aliphatic carbocycles. The van der Waals surface area contributed by atoms with Crippen molar-refractivity contribution in [2.75, 3.05) is 45.2 Å². The lowest BCUT2D eigenvalue weighted by atomic mass is 10.2. The van der Waals surface area contributed by atoms with Crippen LogP contribution in [0.25, 0.3) is 11.1 Å². The van der Waals surface area contributed by atoms with Gasteiger partial charge < -0.3 is 29.6 Å². The van der Waals surface area contributed by atoms with Gasteiger partial charge in [-0.2, -0.15) is 0 Å². The second kappa shape index (κ2) is 13.5. The summed E-state index contributed by atoms with van der Waals surface area (Å²) in [6.07, 6.45) is -0.0614. The number of amides is 2. The van der Waals surface area contributed by atoms with Crippen molar-refractivity contribution in [3.8, 4) is 22.6 Å². The first kappa shape index (κ1) is 28.5. The molecule has 2 N–H and O–H groups in total. The van der Waals surface area contributed by atoms with Gasteiger partial charge in [-0.25, -0.2) is 14.7 Å². The number of rotatable bonds is 10. The molecule has 1 aliphatic heterocycles. The SMILES string of the molecule is CCOC(=O)Oc1c2ccc(CC(=O)N(CC)OCC(=O)N3CCCC3)ccc-2c(OC(=O)OCC)c1N. The summed E-state index contributed by atoms with van der Waals surface area (Å²) in [6.45, 7) is 6.61. The van der Waals surface area contributed by atoms with Gasteiger partial charge in [0, 0.05) is 30.8 Å². The van der Waals surface area contributed by atoms with Gasteiger partial charge in [0.2, 0.25) is 0 Å². The van der Waals surface area contributed by atoms with Crippen LogP contribution in [0.15, 0.2) is 24.3 Å². The summed E-state index contributed by atoms with van der Waals surface area (Å²) in [4.78, 5) is 56.4. The Morgan fingerprint density at radius 3 is 1.87 bits per heavy atom. The molecule has 0 radical (unpaired) electrons. The number of carbonyl (C=O) groups is 4. The predicted molar refractivity (Wildman–Crippen MR) is 136 cm³/mol. The highest BCUT2D eigenvalue weighted by Gasteiger charge is 2.28. The molecule has 3 rings (SSSR count). The Morgan fingerprint density at radius 2 is 1.39 bits per heavy atom. The van der Waals surface area contributed by atoms with Gasteiger partial charge >= 0.3 is 12.3 Å². The van der Waals surface area contributed by atoms with Crippen LogP contribution in [0.1, 0.15) is 39.2 Å². The summed E-state index contributed by atoms with van der Waals surface area (Å²) in [5.74, 6) is -0.604. The van der Waals surface area contributed by atoms with Crippen LogP contribution in [-0.4, -0.2) is 73.5 Å². The van der Waals surface area contributed by atoms with Crippen molar-refractivity contribution in [2.24, 2.45) is 0 Å². The van der Waals surface area contributed by atoms with Crippen molar-refractivity contribution in [3.05, 3.63) is 29.8 Å². The molecule has 0 spiro atoms. The standard InChI is InChI=1S/C26H33N3O9/c1-4-29(36-16-21(31)28-13-7-8-14-28)20(30)15-17-9-11-18-19(12-10-17)24(38-26(33)35-6-3)22(27)23(18)37-25(32)34-5-2/h9-12H,4-8,13-16,27H2,1-3H3. The molecule has 0 saturated carbocycles. The topological polar surface area (TPSA) is 147 Å². The maximum Gasteiger partial charge on any atom is 0.513 e. The third-order valence-electron chi connectivity index (χ3n) is 5.82. The summed E-state index contributed by atoms with van der Waals surface area (Å²) >= 11 is 0. The third-order valence-corrected chi connectivity index (χ3v) is 5.82. The molecule has 1 saturated heterocycles. The number of nitrogens with zero attached hydrogens (tertiary/aromatic N) is 2. The van der Waals surface area contributed by atoms with Crippen molar-refractivity contribution in [3.63, 3.8) is 0 Å². The van der Waals surface area contributed by atoms with Crippen molar-refractivity contribution in [1.82, 2.24) is 9.96 Å². The molecular weight excluding hydrogens is 498 g/mol. The van der Waals surface area contributed by atoms with Crippen LogP contribution in [0.3, 0.4) is 0 Å². The fourth-order valence-corrected chi connectivity index (χ4v) is 4.00. The highest BCUT2D eigenvalue weighted by molar-refractivity contribution is 5.95. The molecule has 0 aromatic rings. The minimum atomic E-state index is -0.977. The fraction of sp³-hybridized carbons (Fsp3) is 0.462. The van der Waals surface area contributed by atoms with Crippen LogP contribution in [0, 0.1) is 0 Å². The molecule has 0 aromatic heterocycles. The maximum atomic E-state index is 12.9. The number of likely N-dealkylation sites (N-methyl/N-ethyl adjacent to an activating group) is 1. The van der Waals surface area contributed by atoms with E-state index in [1.807, 2.05) is 0 Å². The Balaban J connectivity index is 1.82. The Morgan fingerprint density at radius 1 is 0.868 bits per heavy atom.